The van der Waals surface area contributed by atoms with E-state index in [0.717, 1.165) is 31.6 Å². The Morgan fingerprint density at radius 3 is 2.05 bits per heavy atom. The third-order valence-corrected chi connectivity index (χ3v) is 5.36. The van der Waals surface area contributed by atoms with Crippen molar-refractivity contribution in [1.82, 2.24) is 9.88 Å². The molecule has 120 valence electrons. The molecule has 1 amide bonds. The summed E-state index contributed by atoms with van der Waals surface area (Å²) in [6.07, 6.45) is 8.18. The molecule has 0 spiro atoms. The predicted molar refractivity (Wildman–Crippen MR) is 89.5 cm³/mol. The molecular formula is C17H22Cl2N2O. The maximum Gasteiger partial charge on any atom is 0.254 e. The van der Waals surface area contributed by atoms with Crippen molar-refractivity contribution in [3.63, 3.8) is 0 Å². The highest BCUT2D eigenvalue weighted by atomic mass is 35.5. The molecule has 3 rings (SSSR count). The third kappa shape index (κ3) is 3.57. The molecule has 2 aliphatic carbocycles. The van der Waals surface area contributed by atoms with Crippen molar-refractivity contribution in [2.45, 2.75) is 64.0 Å². The van der Waals surface area contributed by atoms with E-state index in [1.165, 1.54) is 19.3 Å². The first-order chi connectivity index (χ1) is 10.6. The van der Waals surface area contributed by atoms with E-state index in [0.29, 0.717) is 17.6 Å². The number of aromatic nitrogens is 1. The summed E-state index contributed by atoms with van der Waals surface area (Å²) in [4.78, 5) is 19.0. The van der Waals surface area contributed by atoms with E-state index in [1.807, 2.05) is 0 Å². The summed E-state index contributed by atoms with van der Waals surface area (Å²) >= 11 is 11.9. The molecule has 2 aliphatic rings. The van der Waals surface area contributed by atoms with Gasteiger partial charge in [-0.15, -0.1) is 0 Å². The fraction of sp³-hybridized carbons (Fsp3) is 0.647. The monoisotopic (exact) mass is 340 g/mol. The Morgan fingerprint density at radius 1 is 1.09 bits per heavy atom. The standard InChI is InChI=1S/C17H22Cl2N2O/c1-2-11-3-5-13(6-4-11)21(14-7-8-14)17(22)12-9-15(18)20-16(19)10-12/h9-11,13-14H,2-8H2,1H3. The minimum absolute atomic E-state index is 0.0636. The highest BCUT2D eigenvalue weighted by molar-refractivity contribution is 6.33. The smallest absolute Gasteiger partial charge is 0.254 e. The fourth-order valence-corrected chi connectivity index (χ4v) is 4.01. The predicted octanol–water partition coefficient (Wildman–Crippen LogP) is 4.96. The summed E-state index contributed by atoms with van der Waals surface area (Å²) in [5.74, 6) is 0.894. The van der Waals surface area contributed by atoms with E-state index >= 15 is 0 Å². The molecule has 0 aromatic carbocycles. The maximum absolute atomic E-state index is 13.0. The number of hydrogen-bond acceptors (Lipinski definition) is 2. The molecular weight excluding hydrogens is 319 g/mol. The van der Waals surface area contributed by atoms with Crippen molar-refractivity contribution in [3.8, 4) is 0 Å². The molecule has 1 heterocycles. The average molecular weight is 341 g/mol. The summed E-state index contributed by atoms with van der Waals surface area (Å²) in [6, 6.07) is 4.03. The molecule has 0 saturated heterocycles. The second kappa shape index (κ2) is 6.76. The minimum Gasteiger partial charge on any atom is -0.333 e. The molecule has 22 heavy (non-hydrogen) atoms. The lowest BCUT2D eigenvalue weighted by Gasteiger charge is -2.37. The van der Waals surface area contributed by atoms with Gasteiger partial charge in [-0.25, -0.2) is 4.98 Å². The van der Waals surface area contributed by atoms with Crippen LogP contribution < -0.4 is 0 Å². The zero-order valence-electron chi connectivity index (χ0n) is 12.9. The minimum atomic E-state index is 0.0636. The van der Waals surface area contributed by atoms with Crippen molar-refractivity contribution in [2.75, 3.05) is 0 Å². The molecule has 0 atom stereocenters. The van der Waals surface area contributed by atoms with Crippen molar-refractivity contribution in [2.24, 2.45) is 5.92 Å². The van der Waals surface area contributed by atoms with Gasteiger partial charge in [0.1, 0.15) is 10.3 Å². The number of carbonyl (C=O) groups excluding carboxylic acids is 1. The molecule has 0 bridgehead atoms. The molecule has 1 aromatic heterocycles. The van der Waals surface area contributed by atoms with Gasteiger partial charge in [-0.05, 0) is 56.6 Å². The quantitative estimate of drug-likeness (QED) is 0.725. The van der Waals surface area contributed by atoms with Crippen LogP contribution in [0.15, 0.2) is 12.1 Å². The highest BCUT2D eigenvalue weighted by Gasteiger charge is 2.39. The van der Waals surface area contributed by atoms with Gasteiger partial charge in [0.25, 0.3) is 5.91 Å². The molecule has 0 N–H and O–H groups in total. The number of carbonyl (C=O) groups is 1. The van der Waals surface area contributed by atoms with Crippen molar-refractivity contribution in [3.05, 3.63) is 28.0 Å². The van der Waals surface area contributed by atoms with Gasteiger partial charge in [0.15, 0.2) is 0 Å². The largest absolute Gasteiger partial charge is 0.333 e. The van der Waals surface area contributed by atoms with Crippen LogP contribution in [-0.4, -0.2) is 27.9 Å². The molecule has 0 unspecified atom stereocenters. The Kier molecular flexibility index (Phi) is 4.94. The molecule has 3 nitrogen and oxygen atoms in total. The van der Waals surface area contributed by atoms with Crippen LogP contribution in [0.4, 0.5) is 0 Å². The number of halogens is 2. The van der Waals surface area contributed by atoms with Gasteiger partial charge in [0.05, 0.1) is 0 Å². The van der Waals surface area contributed by atoms with Crippen LogP contribution in [0.3, 0.4) is 0 Å². The summed E-state index contributed by atoms with van der Waals surface area (Å²) in [5.41, 5.74) is 0.564. The first-order valence-corrected chi connectivity index (χ1v) is 8.99. The highest BCUT2D eigenvalue weighted by Crippen LogP contribution is 2.37. The van der Waals surface area contributed by atoms with E-state index in [2.05, 4.69) is 16.8 Å². The van der Waals surface area contributed by atoms with E-state index in [-0.39, 0.29) is 16.2 Å². The van der Waals surface area contributed by atoms with E-state index < -0.39 is 0 Å². The topological polar surface area (TPSA) is 33.2 Å². The molecule has 0 aliphatic heterocycles. The lowest BCUT2D eigenvalue weighted by molar-refractivity contribution is 0.0587. The van der Waals surface area contributed by atoms with Crippen LogP contribution in [0.2, 0.25) is 10.3 Å². The van der Waals surface area contributed by atoms with Gasteiger partial charge >= 0.3 is 0 Å². The molecule has 0 radical (unpaired) electrons. The Balaban J connectivity index is 1.77. The van der Waals surface area contributed by atoms with Crippen LogP contribution >= 0.6 is 23.2 Å². The molecule has 2 saturated carbocycles. The average Bonchev–Trinajstić information content (AvgIpc) is 3.32. The first kappa shape index (κ1) is 16.1. The second-order valence-electron chi connectivity index (χ2n) is 6.53. The summed E-state index contributed by atoms with van der Waals surface area (Å²) in [6.45, 7) is 2.26. The van der Waals surface area contributed by atoms with Gasteiger partial charge in [-0.1, -0.05) is 36.5 Å². The SMILES string of the molecule is CCC1CCC(N(C(=O)c2cc(Cl)nc(Cl)c2)C2CC2)CC1. The van der Waals surface area contributed by atoms with Gasteiger partial charge in [-0.3, -0.25) is 4.79 Å². The Labute approximate surface area is 142 Å². The van der Waals surface area contributed by atoms with Crippen LogP contribution in [0, 0.1) is 5.92 Å². The summed E-state index contributed by atoms with van der Waals surface area (Å²) in [7, 11) is 0. The molecule has 5 heteroatoms. The maximum atomic E-state index is 13.0. The van der Waals surface area contributed by atoms with Gasteiger partial charge in [0.2, 0.25) is 0 Å². The fourth-order valence-electron chi connectivity index (χ4n) is 3.55. The van der Waals surface area contributed by atoms with Crippen LogP contribution in [-0.2, 0) is 0 Å². The summed E-state index contributed by atoms with van der Waals surface area (Å²) in [5, 5.41) is 0.558. The van der Waals surface area contributed by atoms with Crippen molar-refractivity contribution < 1.29 is 4.79 Å². The number of rotatable bonds is 4. The normalized spacial score (nSPS) is 25.0. The second-order valence-corrected chi connectivity index (χ2v) is 7.30. The third-order valence-electron chi connectivity index (χ3n) is 4.97. The Hall–Kier alpha value is -0.800. The molecule has 2 fully saturated rings. The van der Waals surface area contributed by atoms with Gasteiger partial charge in [0, 0.05) is 17.6 Å². The number of amides is 1. The van der Waals surface area contributed by atoms with Crippen LogP contribution in [0.1, 0.15) is 62.2 Å². The number of pyridine rings is 1. The Morgan fingerprint density at radius 2 is 1.59 bits per heavy atom. The van der Waals surface area contributed by atoms with Gasteiger partial charge in [-0.2, -0.15) is 0 Å². The van der Waals surface area contributed by atoms with Crippen LogP contribution in [0.5, 0.6) is 0 Å². The zero-order valence-corrected chi connectivity index (χ0v) is 14.4. The van der Waals surface area contributed by atoms with E-state index in [4.69, 9.17) is 23.2 Å². The zero-order chi connectivity index (χ0) is 15.7. The van der Waals surface area contributed by atoms with Crippen molar-refractivity contribution in [1.29, 1.82) is 0 Å². The summed E-state index contributed by atoms with van der Waals surface area (Å²) < 4.78 is 0. The number of nitrogens with zero attached hydrogens (tertiary/aromatic N) is 2. The van der Waals surface area contributed by atoms with E-state index in [1.54, 1.807) is 12.1 Å². The molecule has 1 aromatic rings. The number of hydrogen-bond donors (Lipinski definition) is 0. The van der Waals surface area contributed by atoms with Gasteiger partial charge < -0.3 is 4.90 Å². The lowest BCUT2D eigenvalue weighted by atomic mass is 9.83. The van der Waals surface area contributed by atoms with E-state index in [9.17, 15) is 4.79 Å². The van der Waals surface area contributed by atoms with Crippen LogP contribution in [0.25, 0.3) is 0 Å². The Bertz CT molecular complexity index is 531. The first-order valence-electron chi connectivity index (χ1n) is 8.24. The van der Waals surface area contributed by atoms with Crippen molar-refractivity contribution >= 4 is 29.1 Å². The lowest BCUT2D eigenvalue weighted by Crippen LogP contribution is -2.43.